The Morgan fingerprint density at radius 2 is 1.71 bits per heavy atom. The highest BCUT2D eigenvalue weighted by Gasteiger charge is 2.01. The van der Waals surface area contributed by atoms with Gasteiger partial charge < -0.3 is 9.47 Å². The zero-order valence-electron chi connectivity index (χ0n) is 8.76. The molecule has 0 bridgehead atoms. The maximum Gasteiger partial charge on any atom is 0.508 e. The van der Waals surface area contributed by atoms with Gasteiger partial charge in [0.1, 0.15) is 0 Å². The molecule has 3 nitrogen and oxygen atoms in total. The Balaban J connectivity index is 3.07. The standard InChI is InChI=1S/C10H19ClO3/c1-2-8-13-10(12)14-9-6-4-3-5-7-11/h2-9H2,1H3. The predicted octanol–water partition coefficient (Wildman–Crippen LogP) is 3.35. The van der Waals surface area contributed by atoms with E-state index in [1.54, 1.807) is 0 Å². The topological polar surface area (TPSA) is 35.5 Å². The largest absolute Gasteiger partial charge is 0.508 e. The molecule has 0 aliphatic rings. The maximum absolute atomic E-state index is 10.8. The minimum absolute atomic E-state index is 0.436. The van der Waals surface area contributed by atoms with Gasteiger partial charge >= 0.3 is 6.16 Å². The van der Waals surface area contributed by atoms with Gasteiger partial charge in [-0.15, -0.1) is 11.6 Å². The summed E-state index contributed by atoms with van der Waals surface area (Å²) in [5, 5.41) is 0. The Hall–Kier alpha value is -0.440. The fourth-order valence-electron chi connectivity index (χ4n) is 0.933. The molecule has 4 heteroatoms. The average molecular weight is 223 g/mol. The molecule has 0 unspecified atom stereocenters. The van der Waals surface area contributed by atoms with Crippen molar-refractivity contribution in [3.05, 3.63) is 0 Å². The normalized spacial score (nSPS) is 9.86. The van der Waals surface area contributed by atoms with E-state index in [0.29, 0.717) is 19.1 Å². The van der Waals surface area contributed by atoms with E-state index >= 15 is 0 Å². The second-order valence-corrected chi connectivity index (χ2v) is 3.43. The Kier molecular flexibility index (Phi) is 10.3. The Bertz CT molecular complexity index is 139. The molecule has 0 aromatic carbocycles. The predicted molar refractivity (Wildman–Crippen MR) is 56.8 cm³/mol. The van der Waals surface area contributed by atoms with Gasteiger partial charge in [0.25, 0.3) is 0 Å². The molecular formula is C10H19ClO3. The molecule has 0 aromatic heterocycles. The fraction of sp³-hybridized carbons (Fsp3) is 0.900. The molecule has 0 N–H and O–H groups in total. The van der Waals surface area contributed by atoms with Crippen LogP contribution < -0.4 is 0 Å². The van der Waals surface area contributed by atoms with Crippen LogP contribution in [0, 0.1) is 0 Å². The van der Waals surface area contributed by atoms with Crippen LogP contribution >= 0.6 is 11.6 Å². The van der Waals surface area contributed by atoms with Crippen molar-refractivity contribution in [3.8, 4) is 0 Å². The van der Waals surface area contributed by atoms with Crippen LogP contribution in [0.2, 0.25) is 0 Å². The Labute approximate surface area is 90.7 Å². The lowest BCUT2D eigenvalue weighted by atomic mass is 10.2. The molecule has 0 rings (SSSR count). The molecule has 0 saturated carbocycles. The van der Waals surface area contributed by atoms with Crippen molar-refractivity contribution in [2.45, 2.75) is 39.0 Å². The third-order valence-electron chi connectivity index (χ3n) is 1.67. The van der Waals surface area contributed by atoms with Crippen molar-refractivity contribution in [2.75, 3.05) is 19.1 Å². The molecule has 0 aliphatic heterocycles. The molecule has 84 valence electrons. The molecule has 0 spiro atoms. The van der Waals surface area contributed by atoms with Gasteiger partial charge in [-0.3, -0.25) is 0 Å². The van der Waals surface area contributed by atoms with Crippen LogP contribution in [0.1, 0.15) is 39.0 Å². The summed E-state index contributed by atoms with van der Waals surface area (Å²) in [6.45, 7) is 2.83. The molecule has 0 heterocycles. The zero-order valence-corrected chi connectivity index (χ0v) is 9.52. The highest BCUT2D eigenvalue weighted by atomic mass is 35.5. The summed E-state index contributed by atoms with van der Waals surface area (Å²) in [6.07, 6.45) is 4.33. The summed E-state index contributed by atoms with van der Waals surface area (Å²) in [5.74, 6) is 0.708. The maximum atomic E-state index is 10.8. The highest BCUT2D eigenvalue weighted by Crippen LogP contribution is 2.01. The molecule has 0 aromatic rings. The van der Waals surface area contributed by atoms with Gasteiger partial charge in [0.05, 0.1) is 13.2 Å². The minimum atomic E-state index is -0.552. The van der Waals surface area contributed by atoms with Crippen LogP contribution in [0.4, 0.5) is 4.79 Å². The quantitative estimate of drug-likeness (QED) is 0.359. The number of rotatable bonds is 8. The number of hydrogen-bond donors (Lipinski definition) is 0. The van der Waals surface area contributed by atoms with Crippen LogP contribution in [0.5, 0.6) is 0 Å². The van der Waals surface area contributed by atoms with Gasteiger partial charge in [0, 0.05) is 5.88 Å². The SMILES string of the molecule is CCCOC(=O)OCCCCCCCl. The number of carbonyl (C=O) groups is 1. The first-order valence-corrected chi connectivity index (χ1v) is 5.70. The molecule has 0 aliphatic carbocycles. The first-order valence-electron chi connectivity index (χ1n) is 5.16. The van der Waals surface area contributed by atoms with E-state index in [9.17, 15) is 4.79 Å². The van der Waals surface area contributed by atoms with Gasteiger partial charge in [0.2, 0.25) is 0 Å². The lowest BCUT2D eigenvalue weighted by Crippen LogP contribution is -2.08. The third-order valence-corrected chi connectivity index (χ3v) is 1.94. The summed E-state index contributed by atoms with van der Waals surface area (Å²) in [6, 6.07) is 0. The number of hydrogen-bond acceptors (Lipinski definition) is 3. The first kappa shape index (κ1) is 13.6. The van der Waals surface area contributed by atoms with Crippen molar-refractivity contribution >= 4 is 17.8 Å². The number of unbranched alkanes of at least 4 members (excludes halogenated alkanes) is 3. The number of ether oxygens (including phenoxy) is 2. The molecule has 0 saturated heterocycles. The van der Waals surface area contributed by atoms with E-state index in [1.807, 2.05) is 6.92 Å². The second kappa shape index (κ2) is 10.6. The monoisotopic (exact) mass is 222 g/mol. The number of alkyl halides is 1. The van der Waals surface area contributed by atoms with E-state index in [2.05, 4.69) is 0 Å². The summed E-state index contributed by atoms with van der Waals surface area (Å²) < 4.78 is 9.57. The smallest absolute Gasteiger partial charge is 0.434 e. The fourth-order valence-corrected chi connectivity index (χ4v) is 1.12. The van der Waals surface area contributed by atoms with E-state index in [0.717, 1.165) is 32.1 Å². The van der Waals surface area contributed by atoms with Gasteiger partial charge in [-0.1, -0.05) is 19.8 Å². The van der Waals surface area contributed by atoms with Crippen molar-refractivity contribution < 1.29 is 14.3 Å². The van der Waals surface area contributed by atoms with Crippen LogP contribution in [0.15, 0.2) is 0 Å². The summed E-state index contributed by atoms with van der Waals surface area (Å²) >= 11 is 5.52. The van der Waals surface area contributed by atoms with Crippen LogP contribution in [-0.4, -0.2) is 25.2 Å². The summed E-state index contributed by atoms with van der Waals surface area (Å²) in [5.41, 5.74) is 0. The van der Waals surface area contributed by atoms with Crippen LogP contribution in [0.25, 0.3) is 0 Å². The minimum Gasteiger partial charge on any atom is -0.434 e. The molecule has 0 radical (unpaired) electrons. The zero-order chi connectivity index (χ0) is 10.6. The first-order chi connectivity index (χ1) is 6.81. The highest BCUT2D eigenvalue weighted by molar-refractivity contribution is 6.17. The van der Waals surface area contributed by atoms with Gasteiger partial charge in [0.15, 0.2) is 0 Å². The van der Waals surface area contributed by atoms with Crippen molar-refractivity contribution in [1.29, 1.82) is 0 Å². The van der Waals surface area contributed by atoms with Crippen LogP contribution in [-0.2, 0) is 9.47 Å². The Morgan fingerprint density at radius 3 is 2.36 bits per heavy atom. The average Bonchev–Trinajstić information content (AvgIpc) is 2.20. The number of halogens is 1. The van der Waals surface area contributed by atoms with Crippen molar-refractivity contribution in [3.63, 3.8) is 0 Å². The molecular weight excluding hydrogens is 204 g/mol. The van der Waals surface area contributed by atoms with Gasteiger partial charge in [-0.05, 0) is 19.3 Å². The van der Waals surface area contributed by atoms with Crippen molar-refractivity contribution in [1.82, 2.24) is 0 Å². The summed E-state index contributed by atoms with van der Waals surface area (Å²) in [7, 11) is 0. The molecule has 0 fully saturated rings. The van der Waals surface area contributed by atoms with E-state index in [1.165, 1.54) is 0 Å². The Morgan fingerprint density at radius 1 is 1.07 bits per heavy atom. The lowest BCUT2D eigenvalue weighted by molar-refractivity contribution is 0.0542. The molecule has 0 amide bonds. The van der Waals surface area contributed by atoms with Crippen molar-refractivity contribution in [2.24, 2.45) is 0 Å². The molecule has 14 heavy (non-hydrogen) atoms. The number of carbonyl (C=O) groups excluding carboxylic acids is 1. The van der Waals surface area contributed by atoms with E-state index in [4.69, 9.17) is 21.1 Å². The van der Waals surface area contributed by atoms with Gasteiger partial charge in [-0.2, -0.15) is 0 Å². The third kappa shape index (κ3) is 9.65. The van der Waals surface area contributed by atoms with Gasteiger partial charge in [-0.25, -0.2) is 4.79 Å². The lowest BCUT2D eigenvalue weighted by Gasteiger charge is -2.04. The molecule has 0 atom stereocenters. The van der Waals surface area contributed by atoms with Crippen LogP contribution in [0.3, 0.4) is 0 Å². The van der Waals surface area contributed by atoms with E-state index < -0.39 is 6.16 Å². The second-order valence-electron chi connectivity index (χ2n) is 3.05. The van der Waals surface area contributed by atoms with E-state index in [-0.39, 0.29) is 0 Å². The summed E-state index contributed by atoms with van der Waals surface area (Å²) in [4.78, 5) is 10.8.